The van der Waals surface area contributed by atoms with Crippen LogP contribution in [0.3, 0.4) is 0 Å². The maximum Gasteiger partial charge on any atom is 0.236 e. The molecule has 9 aromatic carbocycles. The summed E-state index contributed by atoms with van der Waals surface area (Å²) < 4.78 is 15.1. The fraction of sp³-hybridized carbons (Fsp3) is 0. The van der Waals surface area contributed by atoms with Gasteiger partial charge in [0.05, 0.1) is 11.0 Å². The molecule has 55 heavy (non-hydrogen) atoms. The van der Waals surface area contributed by atoms with E-state index in [1.165, 1.54) is 43.1 Å². The molecule has 13 rings (SSSR count). The lowest BCUT2D eigenvalue weighted by molar-refractivity contribution is 0.666. The number of fused-ring (bicyclic) bond motifs is 17. The highest BCUT2D eigenvalue weighted by atomic mass is 16.3. The van der Waals surface area contributed by atoms with E-state index < -0.39 is 0 Å². The normalized spacial score (nSPS) is 12.4. The first-order chi connectivity index (χ1) is 27.3. The molecule has 0 radical (unpaired) electrons. The zero-order chi connectivity index (χ0) is 35.8. The lowest BCUT2D eigenvalue weighted by Crippen LogP contribution is -2.03. The third-order valence-electron chi connectivity index (χ3n) is 11.6. The summed E-state index contributed by atoms with van der Waals surface area (Å²) >= 11 is 0. The quantitative estimate of drug-likeness (QED) is 0.168. The predicted octanol–water partition coefficient (Wildman–Crippen LogP) is 13.7. The van der Waals surface area contributed by atoms with Gasteiger partial charge in [-0.25, -0.2) is 9.97 Å². The Labute approximate surface area is 312 Å². The second kappa shape index (κ2) is 10.6. The van der Waals surface area contributed by atoms with Crippen LogP contribution in [0.1, 0.15) is 0 Å². The molecule has 0 saturated carbocycles. The Morgan fingerprint density at radius 3 is 1.76 bits per heavy atom. The van der Waals surface area contributed by atoms with E-state index in [4.69, 9.17) is 18.8 Å². The van der Waals surface area contributed by atoms with Gasteiger partial charge < -0.3 is 8.83 Å². The van der Waals surface area contributed by atoms with E-state index in [0.29, 0.717) is 11.5 Å². The number of aromatic nitrogens is 3. The average molecular weight is 702 g/mol. The molecule has 0 aliphatic carbocycles. The molecule has 0 amide bonds. The molecule has 5 heteroatoms. The average Bonchev–Trinajstić information content (AvgIpc) is 3.91. The maximum atomic E-state index is 6.61. The first-order valence-electron chi connectivity index (χ1n) is 18.6. The van der Waals surface area contributed by atoms with Crippen molar-refractivity contribution in [3.8, 4) is 17.2 Å². The van der Waals surface area contributed by atoms with Crippen molar-refractivity contribution >= 4 is 109 Å². The Kier molecular flexibility index (Phi) is 5.57. The minimum absolute atomic E-state index is 0.589. The fourth-order valence-electron chi connectivity index (χ4n) is 9.15. The summed E-state index contributed by atoms with van der Waals surface area (Å²) in [5.41, 5.74) is 7.67. The van der Waals surface area contributed by atoms with Gasteiger partial charge in [0.25, 0.3) is 0 Å². The van der Waals surface area contributed by atoms with Gasteiger partial charge in [-0.15, -0.1) is 0 Å². The lowest BCUT2D eigenvalue weighted by atomic mass is 9.91. The van der Waals surface area contributed by atoms with Gasteiger partial charge in [-0.2, -0.15) is 0 Å². The third kappa shape index (κ3) is 3.91. The third-order valence-corrected chi connectivity index (χ3v) is 11.6. The van der Waals surface area contributed by atoms with Crippen molar-refractivity contribution in [3.63, 3.8) is 0 Å². The number of nitrogens with zero attached hydrogens (tertiary/aromatic N) is 3. The fourth-order valence-corrected chi connectivity index (χ4v) is 9.15. The standard InChI is InChI=1S/C50H27N3O2/c1-2-12-29-27-41-39(25-28(29)11-1)46-40(23-22-36-33-15-4-3-13-31(33)32-14-5-6-17-35(32)45(36)46)53(41)50-51-47(49-48(52-50)37-18-8-10-20-43(37)55-49)30-21-24-44-38(26-30)34-16-7-9-19-42(34)54-44/h1-27H. The number of para-hydroxylation sites is 2. The monoisotopic (exact) mass is 701 g/mol. The van der Waals surface area contributed by atoms with E-state index in [2.05, 4.69) is 126 Å². The summed E-state index contributed by atoms with van der Waals surface area (Å²) in [6, 6.07) is 57.9. The first kappa shape index (κ1) is 29.0. The summed E-state index contributed by atoms with van der Waals surface area (Å²) in [4.78, 5) is 10.9. The van der Waals surface area contributed by atoms with E-state index in [1.54, 1.807) is 0 Å². The molecule has 0 aliphatic heterocycles. The molecular weight excluding hydrogens is 675 g/mol. The van der Waals surface area contributed by atoms with Crippen molar-refractivity contribution in [2.24, 2.45) is 0 Å². The van der Waals surface area contributed by atoms with Crippen LogP contribution in [0.15, 0.2) is 173 Å². The molecule has 13 aromatic rings. The second-order valence-corrected chi connectivity index (χ2v) is 14.5. The van der Waals surface area contributed by atoms with Crippen LogP contribution in [-0.4, -0.2) is 14.5 Å². The number of hydrogen-bond donors (Lipinski definition) is 0. The van der Waals surface area contributed by atoms with Gasteiger partial charge in [0, 0.05) is 37.9 Å². The van der Waals surface area contributed by atoms with E-state index in [0.717, 1.165) is 71.5 Å². The Morgan fingerprint density at radius 2 is 0.982 bits per heavy atom. The largest absolute Gasteiger partial charge is 0.456 e. The first-order valence-corrected chi connectivity index (χ1v) is 18.6. The van der Waals surface area contributed by atoms with E-state index in [-0.39, 0.29) is 0 Å². The number of rotatable bonds is 2. The minimum Gasteiger partial charge on any atom is -0.456 e. The summed E-state index contributed by atoms with van der Waals surface area (Å²) in [6.45, 7) is 0. The molecule has 4 heterocycles. The molecule has 0 bridgehead atoms. The van der Waals surface area contributed by atoms with Gasteiger partial charge in [0.1, 0.15) is 28.0 Å². The molecular formula is C50H27N3O2. The molecule has 0 unspecified atom stereocenters. The van der Waals surface area contributed by atoms with Gasteiger partial charge in [-0.05, 0) is 92.3 Å². The Bertz CT molecular complexity index is 3760. The van der Waals surface area contributed by atoms with Crippen molar-refractivity contribution in [3.05, 3.63) is 164 Å². The molecule has 5 nitrogen and oxygen atoms in total. The summed E-state index contributed by atoms with van der Waals surface area (Å²) in [6.07, 6.45) is 0. The van der Waals surface area contributed by atoms with Crippen LogP contribution in [0.25, 0.3) is 126 Å². The van der Waals surface area contributed by atoms with Crippen molar-refractivity contribution in [1.82, 2.24) is 14.5 Å². The molecule has 0 fully saturated rings. The SMILES string of the molecule is c1ccc2cc3c(cc2c1)c1c2c4ccccc4c4ccccc4c2ccc1n3-c1nc(-c2ccc3oc4ccccc4c3c2)c2oc3ccccc3c2n1. The van der Waals surface area contributed by atoms with Gasteiger partial charge in [0.2, 0.25) is 5.95 Å². The van der Waals surface area contributed by atoms with Gasteiger partial charge in [-0.1, -0.05) is 109 Å². The Balaban J connectivity index is 1.21. The van der Waals surface area contributed by atoms with Gasteiger partial charge in [0.15, 0.2) is 5.58 Å². The van der Waals surface area contributed by atoms with Crippen LogP contribution in [0, 0.1) is 0 Å². The number of benzene rings is 9. The van der Waals surface area contributed by atoms with Crippen LogP contribution >= 0.6 is 0 Å². The van der Waals surface area contributed by atoms with Crippen LogP contribution < -0.4 is 0 Å². The van der Waals surface area contributed by atoms with Crippen LogP contribution in [0.4, 0.5) is 0 Å². The Hall–Kier alpha value is -7.50. The van der Waals surface area contributed by atoms with Crippen molar-refractivity contribution in [2.45, 2.75) is 0 Å². The van der Waals surface area contributed by atoms with Gasteiger partial charge in [-0.3, -0.25) is 4.57 Å². The molecule has 0 spiro atoms. The molecule has 0 atom stereocenters. The summed E-state index contributed by atoms with van der Waals surface area (Å²) in [7, 11) is 0. The molecule has 0 saturated heterocycles. The molecule has 4 aromatic heterocycles. The van der Waals surface area contributed by atoms with Crippen molar-refractivity contribution < 1.29 is 8.83 Å². The molecule has 0 N–H and O–H groups in total. The number of hydrogen-bond acceptors (Lipinski definition) is 4. The predicted molar refractivity (Wildman–Crippen MR) is 226 cm³/mol. The highest BCUT2D eigenvalue weighted by molar-refractivity contribution is 6.35. The lowest BCUT2D eigenvalue weighted by Gasteiger charge is -2.12. The van der Waals surface area contributed by atoms with Crippen LogP contribution in [0.2, 0.25) is 0 Å². The minimum atomic E-state index is 0.589. The highest BCUT2D eigenvalue weighted by Gasteiger charge is 2.24. The Morgan fingerprint density at radius 1 is 0.382 bits per heavy atom. The number of furan rings is 2. The van der Waals surface area contributed by atoms with E-state index >= 15 is 0 Å². The molecule has 0 aliphatic rings. The highest BCUT2D eigenvalue weighted by Crippen LogP contribution is 2.45. The van der Waals surface area contributed by atoms with E-state index in [9.17, 15) is 0 Å². The zero-order valence-electron chi connectivity index (χ0n) is 29.2. The molecule has 254 valence electrons. The van der Waals surface area contributed by atoms with Crippen LogP contribution in [0.5, 0.6) is 0 Å². The van der Waals surface area contributed by atoms with Crippen molar-refractivity contribution in [2.75, 3.05) is 0 Å². The van der Waals surface area contributed by atoms with E-state index in [1.807, 2.05) is 42.5 Å². The second-order valence-electron chi connectivity index (χ2n) is 14.5. The van der Waals surface area contributed by atoms with Crippen LogP contribution in [-0.2, 0) is 0 Å². The van der Waals surface area contributed by atoms with Crippen molar-refractivity contribution in [1.29, 1.82) is 0 Å². The van der Waals surface area contributed by atoms with Gasteiger partial charge >= 0.3 is 0 Å². The summed E-state index contributed by atoms with van der Waals surface area (Å²) in [5.74, 6) is 0.589. The summed E-state index contributed by atoms with van der Waals surface area (Å²) in [5, 5.41) is 15.2. The maximum absolute atomic E-state index is 6.61. The smallest absolute Gasteiger partial charge is 0.236 e. The zero-order valence-corrected chi connectivity index (χ0v) is 29.2. The topological polar surface area (TPSA) is 57.0 Å².